The molecule has 0 amide bonds. The Balaban J connectivity index is 1.79. The number of nitrogens with two attached hydrogens (primary N) is 1. The minimum absolute atomic E-state index is 0.0741. The van der Waals surface area contributed by atoms with E-state index in [-0.39, 0.29) is 11.6 Å². The van der Waals surface area contributed by atoms with Crippen molar-refractivity contribution in [2.24, 2.45) is 0 Å². The van der Waals surface area contributed by atoms with Gasteiger partial charge in [-0.2, -0.15) is 4.98 Å². The number of H-pyrrole nitrogens is 1. The Morgan fingerprint density at radius 2 is 1.88 bits per heavy atom. The summed E-state index contributed by atoms with van der Waals surface area (Å²) < 4.78 is 5.80. The largest absolute Gasteiger partial charge is 0.423 e. The van der Waals surface area contributed by atoms with Gasteiger partial charge in [-0.05, 0) is 30.2 Å². The van der Waals surface area contributed by atoms with Gasteiger partial charge in [-0.1, -0.05) is 36.4 Å². The van der Waals surface area contributed by atoms with E-state index in [1.807, 2.05) is 43.3 Å². The normalized spacial score (nSPS) is 10.8. The van der Waals surface area contributed by atoms with Crippen LogP contribution in [0.15, 0.2) is 65.7 Å². The molecule has 0 aliphatic rings. The number of fused-ring (bicyclic) bond motifs is 1. The topological polar surface area (TPSA) is 93.9 Å². The van der Waals surface area contributed by atoms with Crippen LogP contribution < -0.4 is 16.0 Å². The minimum atomic E-state index is -0.290. The molecule has 0 saturated carbocycles. The Bertz CT molecular complexity index is 1150. The molecule has 0 spiro atoms. The lowest BCUT2D eigenvalue weighted by atomic mass is 9.98. The SMILES string of the molecule is Cc1ccc(Oc2nc3cnccc3c(=O)[nH]2)c(N)c1-c1ccccc1. The smallest absolute Gasteiger partial charge is 0.302 e. The fraction of sp³-hybridized carbons (Fsp3) is 0.0500. The highest BCUT2D eigenvalue weighted by molar-refractivity contribution is 5.83. The number of aromatic nitrogens is 3. The first-order valence-corrected chi connectivity index (χ1v) is 8.10. The highest BCUT2D eigenvalue weighted by Gasteiger charge is 2.13. The first-order valence-electron chi connectivity index (χ1n) is 8.10. The second kappa shape index (κ2) is 6.33. The van der Waals surface area contributed by atoms with Crippen molar-refractivity contribution in [2.45, 2.75) is 6.92 Å². The van der Waals surface area contributed by atoms with Crippen LogP contribution in [0, 0.1) is 6.92 Å². The second-order valence-electron chi connectivity index (χ2n) is 5.90. The van der Waals surface area contributed by atoms with E-state index in [4.69, 9.17) is 10.5 Å². The van der Waals surface area contributed by atoms with E-state index in [1.54, 1.807) is 18.3 Å². The first kappa shape index (κ1) is 15.8. The van der Waals surface area contributed by atoms with Crippen LogP contribution in [0.3, 0.4) is 0 Å². The van der Waals surface area contributed by atoms with Gasteiger partial charge in [0.05, 0.1) is 22.8 Å². The summed E-state index contributed by atoms with van der Waals surface area (Å²) in [6.07, 6.45) is 3.06. The Hall–Kier alpha value is -3.67. The summed E-state index contributed by atoms with van der Waals surface area (Å²) in [7, 11) is 0. The number of nitrogens with one attached hydrogen (secondary N) is 1. The molecule has 3 N–H and O–H groups in total. The molecule has 26 heavy (non-hydrogen) atoms. The zero-order valence-corrected chi connectivity index (χ0v) is 14.1. The molecule has 4 aromatic rings. The quantitative estimate of drug-likeness (QED) is 0.553. The van der Waals surface area contributed by atoms with Gasteiger partial charge in [0.2, 0.25) is 0 Å². The maximum Gasteiger partial charge on any atom is 0.302 e. The van der Waals surface area contributed by atoms with Gasteiger partial charge in [-0.15, -0.1) is 0 Å². The Morgan fingerprint density at radius 3 is 2.69 bits per heavy atom. The van der Waals surface area contributed by atoms with Gasteiger partial charge < -0.3 is 10.5 Å². The van der Waals surface area contributed by atoms with Crippen LogP contribution in [0.25, 0.3) is 22.0 Å². The number of hydrogen-bond acceptors (Lipinski definition) is 5. The van der Waals surface area contributed by atoms with Gasteiger partial charge in [0.1, 0.15) is 0 Å². The van der Waals surface area contributed by atoms with Gasteiger partial charge in [0, 0.05) is 11.8 Å². The first-order chi connectivity index (χ1) is 12.6. The molecule has 2 heterocycles. The van der Waals surface area contributed by atoms with Crippen LogP contribution in [0.5, 0.6) is 11.8 Å². The van der Waals surface area contributed by atoms with Crippen LogP contribution >= 0.6 is 0 Å². The van der Waals surface area contributed by atoms with Gasteiger partial charge in [0.25, 0.3) is 5.56 Å². The molecule has 128 valence electrons. The third-order valence-electron chi connectivity index (χ3n) is 4.17. The Morgan fingerprint density at radius 1 is 1.08 bits per heavy atom. The molecule has 0 unspecified atom stereocenters. The van der Waals surface area contributed by atoms with Crippen LogP contribution in [-0.2, 0) is 0 Å². The number of aryl methyl sites for hydroxylation is 1. The monoisotopic (exact) mass is 344 g/mol. The molecule has 6 heteroatoms. The van der Waals surface area contributed by atoms with Crippen molar-refractivity contribution in [3.05, 3.63) is 76.8 Å². The molecule has 0 aliphatic heterocycles. The second-order valence-corrected chi connectivity index (χ2v) is 5.90. The number of hydrogen-bond donors (Lipinski definition) is 2. The Labute approximate surface area is 149 Å². The number of rotatable bonds is 3. The molecule has 4 rings (SSSR count). The summed E-state index contributed by atoms with van der Waals surface area (Å²) in [6.45, 7) is 1.99. The third kappa shape index (κ3) is 2.77. The molecule has 0 atom stereocenters. The molecular weight excluding hydrogens is 328 g/mol. The summed E-state index contributed by atoms with van der Waals surface area (Å²) >= 11 is 0. The lowest BCUT2D eigenvalue weighted by Gasteiger charge is -2.14. The van der Waals surface area contributed by atoms with Crippen molar-refractivity contribution in [1.82, 2.24) is 15.0 Å². The number of anilines is 1. The van der Waals surface area contributed by atoms with E-state index in [0.717, 1.165) is 16.7 Å². The molecule has 0 fully saturated rings. The lowest BCUT2D eigenvalue weighted by Crippen LogP contribution is -2.10. The van der Waals surface area contributed by atoms with Crippen molar-refractivity contribution in [1.29, 1.82) is 0 Å². The molecule has 0 saturated heterocycles. The van der Waals surface area contributed by atoms with Gasteiger partial charge >= 0.3 is 6.01 Å². The maximum atomic E-state index is 12.2. The van der Waals surface area contributed by atoms with E-state index in [2.05, 4.69) is 15.0 Å². The molecule has 0 aliphatic carbocycles. The Kier molecular flexibility index (Phi) is 3.85. The van der Waals surface area contributed by atoms with E-state index < -0.39 is 0 Å². The van der Waals surface area contributed by atoms with Crippen LogP contribution in [0.4, 0.5) is 5.69 Å². The van der Waals surface area contributed by atoms with Crippen LogP contribution in [0.2, 0.25) is 0 Å². The molecule has 0 radical (unpaired) electrons. The van der Waals surface area contributed by atoms with Gasteiger partial charge in [-0.3, -0.25) is 14.8 Å². The lowest BCUT2D eigenvalue weighted by molar-refractivity contribution is 0.445. The summed E-state index contributed by atoms with van der Waals surface area (Å²) in [4.78, 5) is 23.1. The number of nitrogens with zero attached hydrogens (tertiary/aromatic N) is 2. The standard InChI is InChI=1S/C20H16N4O2/c1-12-7-8-16(18(21)17(12)13-5-3-2-4-6-13)26-20-23-15-11-22-10-9-14(15)19(25)24-20/h2-11H,21H2,1H3,(H,23,24,25). The fourth-order valence-corrected chi connectivity index (χ4v) is 2.91. The molecule has 0 bridgehead atoms. The summed E-state index contributed by atoms with van der Waals surface area (Å²) in [6, 6.07) is 15.2. The molecule has 2 aromatic carbocycles. The summed E-state index contributed by atoms with van der Waals surface area (Å²) in [5.41, 5.74) is 9.94. The number of benzene rings is 2. The maximum absolute atomic E-state index is 12.2. The molecular formula is C20H16N4O2. The predicted octanol–water partition coefficient (Wildman–Crippen LogP) is 3.67. The van der Waals surface area contributed by atoms with Crippen LogP contribution in [0.1, 0.15) is 5.56 Å². The number of nitrogen functional groups attached to an aromatic ring is 1. The van der Waals surface area contributed by atoms with Crippen molar-refractivity contribution in [3.63, 3.8) is 0 Å². The fourth-order valence-electron chi connectivity index (χ4n) is 2.91. The van der Waals surface area contributed by atoms with Crippen LogP contribution in [-0.4, -0.2) is 15.0 Å². The minimum Gasteiger partial charge on any atom is -0.423 e. The highest BCUT2D eigenvalue weighted by Crippen LogP contribution is 2.37. The summed E-state index contributed by atoms with van der Waals surface area (Å²) in [5, 5.41) is 0.453. The van der Waals surface area contributed by atoms with E-state index in [0.29, 0.717) is 22.3 Å². The number of pyridine rings is 1. The van der Waals surface area contributed by atoms with Gasteiger partial charge in [0.15, 0.2) is 5.75 Å². The zero-order chi connectivity index (χ0) is 18.1. The molecule has 6 nitrogen and oxygen atoms in total. The van der Waals surface area contributed by atoms with E-state index in [9.17, 15) is 4.79 Å². The zero-order valence-electron chi connectivity index (χ0n) is 14.1. The average Bonchev–Trinajstić information content (AvgIpc) is 2.65. The highest BCUT2D eigenvalue weighted by atomic mass is 16.5. The average molecular weight is 344 g/mol. The number of ether oxygens (including phenoxy) is 1. The van der Waals surface area contributed by atoms with Gasteiger partial charge in [-0.25, -0.2) is 0 Å². The van der Waals surface area contributed by atoms with Crippen molar-refractivity contribution in [2.75, 3.05) is 5.73 Å². The van der Waals surface area contributed by atoms with E-state index >= 15 is 0 Å². The predicted molar refractivity (Wildman–Crippen MR) is 101 cm³/mol. The van der Waals surface area contributed by atoms with Crippen molar-refractivity contribution >= 4 is 16.6 Å². The third-order valence-corrected chi connectivity index (χ3v) is 4.17. The van der Waals surface area contributed by atoms with Crippen molar-refractivity contribution < 1.29 is 4.74 Å². The summed E-state index contributed by atoms with van der Waals surface area (Å²) in [5.74, 6) is 0.431. The van der Waals surface area contributed by atoms with E-state index in [1.165, 1.54) is 6.20 Å². The molecule has 2 aromatic heterocycles. The van der Waals surface area contributed by atoms with Crippen molar-refractivity contribution in [3.8, 4) is 22.9 Å². The number of aromatic amines is 1.